The lowest BCUT2D eigenvalue weighted by Gasteiger charge is -2.15. The van der Waals surface area contributed by atoms with E-state index in [4.69, 9.17) is 11.5 Å². The fraction of sp³-hybridized carbons (Fsp3) is 0.133. The second kappa shape index (κ2) is 10.1. The Hall–Kier alpha value is -3.62. The van der Waals surface area contributed by atoms with Gasteiger partial charge in [-0.15, -0.1) is 0 Å². The van der Waals surface area contributed by atoms with Gasteiger partial charge in [0, 0.05) is 5.70 Å². The number of nitrogens with two attached hydrogens (primary N) is 2. The largest absolute Gasteiger partial charge is 0.398 e. The van der Waals surface area contributed by atoms with E-state index >= 15 is 0 Å². The number of rotatable bonds is 7. The van der Waals surface area contributed by atoms with E-state index in [1.165, 1.54) is 22.3 Å². The van der Waals surface area contributed by atoms with E-state index in [-0.39, 0.29) is 6.04 Å². The summed E-state index contributed by atoms with van der Waals surface area (Å²) in [6.07, 6.45) is 2.95. The highest BCUT2D eigenvalue weighted by Crippen LogP contribution is 2.28. The van der Waals surface area contributed by atoms with Crippen LogP contribution in [-0.2, 0) is 6.42 Å². The van der Waals surface area contributed by atoms with Gasteiger partial charge in [0.1, 0.15) is 0 Å². The molecule has 0 fully saturated rings. The summed E-state index contributed by atoms with van der Waals surface area (Å²) in [5, 5.41) is 0. The lowest BCUT2D eigenvalue weighted by molar-refractivity contribution is 0.759. The van der Waals surface area contributed by atoms with Crippen molar-refractivity contribution >= 4 is 5.70 Å². The van der Waals surface area contributed by atoms with E-state index in [0.717, 1.165) is 17.5 Å². The molecule has 2 unspecified atom stereocenters. The predicted molar refractivity (Wildman–Crippen MR) is 136 cm³/mol. The van der Waals surface area contributed by atoms with Crippen molar-refractivity contribution in [2.24, 2.45) is 11.5 Å². The number of benzene rings is 4. The van der Waals surface area contributed by atoms with Crippen molar-refractivity contribution < 1.29 is 0 Å². The second-order valence-electron chi connectivity index (χ2n) is 8.36. The minimum atomic E-state index is -0.268. The van der Waals surface area contributed by atoms with E-state index in [1.54, 1.807) is 0 Å². The van der Waals surface area contributed by atoms with E-state index < -0.39 is 0 Å². The van der Waals surface area contributed by atoms with Crippen LogP contribution in [0, 0.1) is 0 Å². The number of hydrogen-bond acceptors (Lipinski definition) is 2. The van der Waals surface area contributed by atoms with E-state index in [0.29, 0.717) is 11.6 Å². The van der Waals surface area contributed by atoms with Crippen LogP contribution < -0.4 is 11.5 Å². The van der Waals surface area contributed by atoms with Gasteiger partial charge in [-0.1, -0.05) is 110 Å². The highest BCUT2D eigenvalue weighted by atomic mass is 14.6. The van der Waals surface area contributed by atoms with Gasteiger partial charge >= 0.3 is 0 Å². The van der Waals surface area contributed by atoms with E-state index in [2.05, 4.69) is 85.8 Å². The molecule has 0 aliphatic heterocycles. The Bertz CT molecular complexity index is 1180. The zero-order valence-corrected chi connectivity index (χ0v) is 18.5. The average Bonchev–Trinajstić information content (AvgIpc) is 2.85. The first-order chi connectivity index (χ1) is 15.6. The molecule has 0 radical (unpaired) electrons. The quantitative estimate of drug-likeness (QED) is 0.351. The van der Waals surface area contributed by atoms with Crippen LogP contribution in [0.3, 0.4) is 0 Å². The number of hydrogen-bond donors (Lipinski definition) is 2. The first-order valence-corrected chi connectivity index (χ1v) is 11.1. The molecule has 0 aliphatic rings. The van der Waals surface area contributed by atoms with Crippen LogP contribution in [0.25, 0.3) is 16.8 Å². The van der Waals surface area contributed by atoms with Gasteiger partial charge in [-0.3, -0.25) is 0 Å². The minimum absolute atomic E-state index is 0.268. The van der Waals surface area contributed by atoms with Gasteiger partial charge in [0.25, 0.3) is 0 Å². The highest BCUT2D eigenvalue weighted by Gasteiger charge is 2.10. The Kier molecular flexibility index (Phi) is 6.84. The molecule has 4 rings (SSSR count). The van der Waals surface area contributed by atoms with Gasteiger partial charge in [0.2, 0.25) is 0 Å². The van der Waals surface area contributed by atoms with Gasteiger partial charge in [0.05, 0.1) is 6.04 Å². The van der Waals surface area contributed by atoms with Crippen LogP contribution in [0.2, 0.25) is 0 Å². The third-order valence-electron chi connectivity index (χ3n) is 5.91. The molecule has 2 atom stereocenters. The minimum Gasteiger partial charge on any atom is -0.398 e. The molecule has 32 heavy (non-hydrogen) atoms. The Labute approximate surface area is 191 Å². The van der Waals surface area contributed by atoms with Crippen LogP contribution in [0.4, 0.5) is 0 Å². The monoisotopic (exact) mass is 418 g/mol. The molecule has 0 bridgehead atoms. The summed E-state index contributed by atoms with van der Waals surface area (Å²) in [7, 11) is 0. The molecule has 2 heteroatoms. The van der Waals surface area contributed by atoms with Crippen LogP contribution >= 0.6 is 0 Å². The lowest BCUT2D eigenvalue weighted by Crippen LogP contribution is -2.10. The van der Waals surface area contributed by atoms with Crippen molar-refractivity contribution in [2.45, 2.75) is 25.3 Å². The maximum absolute atomic E-state index is 6.49. The Morgan fingerprint density at radius 1 is 0.719 bits per heavy atom. The van der Waals surface area contributed by atoms with Crippen molar-refractivity contribution in [3.05, 3.63) is 138 Å². The fourth-order valence-electron chi connectivity index (χ4n) is 4.05. The molecule has 4 aromatic carbocycles. The Morgan fingerprint density at radius 3 is 1.94 bits per heavy atom. The molecule has 4 aromatic rings. The van der Waals surface area contributed by atoms with E-state index in [9.17, 15) is 0 Å². The third-order valence-corrected chi connectivity index (χ3v) is 5.91. The average molecular weight is 419 g/mol. The summed E-state index contributed by atoms with van der Waals surface area (Å²) in [5.74, 6) is 0.441. The molecule has 0 aliphatic carbocycles. The zero-order chi connectivity index (χ0) is 22.3. The highest BCUT2D eigenvalue weighted by molar-refractivity contribution is 5.67. The smallest absolute Gasteiger partial charge is 0.0504 e. The second-order valence-corrected chi connectivity index (χ2v) is 8.36. The van der Waals surface area contributed by atoms with Gasteiger partial charge in [-0.05, 0) is 57.9 Å². The molecule has 0 amide bonds. The Balaban J connectivity index is 1.55. The molecule has 2 nitrogen and oxygen atoms in total. The molecule has 0 heterocycles. The molecular weight excluding hydrogens is 388 g/mol. The summed E-state index contributed by atoms with van der Waals surface area (Å²) in [4.78, 5) is 0. The van der Waals surface area contributed by atoms with Crippen molar-refractivity contribution in [3.8, 4) is 11.1 Å². The molecule has 0 aromatic heterocycles. The topological polar surface area (TPSA) is 52.0 Å². The van der Waals surface area contributed by atoms with Gasteiger partial charge in [0.15, 0.2) is 0 Å². The molecule has 0 saturated carbocycles. The predicted octanol–water partition coefficient (Wildman–Crippen LogP) is 6.70. The van der Waals surface area contributed by atoms with Crippen LogP contribution in [0.1, 0.15) is 41.1 Å². The summed E-state index contributed by atoms with van der Waals surface area (Å²) >= 11 is 0. The normalized spacial score (nSPS) is 13.5. The summed E-state index contributed by atoms with van der Waals surface area (Å²) in [6, 6.07) is 37.6. The zero-order valence-electron chi connectivity index (χ0n) is 18.5. The molecule has 0 spiro atoms. The van der Waals surface area contributed by atoms with Crippen LogP contribution in [0.5, 0.6) is 0 Å². The van der Waals surface area contributed by atoms with Crippen molar-refractivity contribution in [1.29, 1.82) is 0 Å². The SMILES string of the molecule is CC(Cc1ccccc1)c1cccc(-c2cccc(C(N)/C=C(\N)c3ccccc3)c2)c1. The fourth-order valence-corrected chi connectivity index (χ4v) is 4.05. The third kappa shape index (κ3) is 5.35. The molecular formula is C30H30N2. The van der Waals surface area contributed by atoms with Gasteiger partial charge < -0.3 is 11.5 Å². The Morgan fingerprint density at radius 2 is 1.28 bits per heavy atom. The van der Waals surface area contributed by atoms with Crippen LogP contribution in [0.15, 0.2) is 115 Å². The van der Waals surface area contributed by atoms with Gasteiger partial charge in [-0.25, -0.2) is 0 Å². The summed E-state index contributed by atoms with van der Waals surface area (Å²) in [5.41, 5.74) is 20.6. The maximum Gasteiger partial charge on any atom is 0.0504 e. The summed E-state index contributed by atoms with van der Waals surface area (Å²) in [6.45, 7) is 2.29. The molecule has 160 valence electrons. The van der Waals surface area contributed by atoms with Gasteiger partial charge in [-0.2, -0.15) is 0 Å². The summed E-state index contributed by atoms with van der Waals surface area (Å²) < 4.78 is 0. The van der Waals surface area contributed by atoms with E-state index in [1.807, 2.05) is 36.4 Å². The van der Waals surface area contributed by atoms with Crippen molar-refractivity contribution in [3.63, 3.8) is 0 Å². The first kappa shape index (κ1) is 21.6. The van der Waals surface area contributed by atoms with Crippen molar-refractivity contribution in [1.82, 2.24) is 0 Å². The maximum atomic E-state index is 6.49. The standard InChI is InChI=1S/C30H30N2/c1-22(18-23-10-4-2-5-11-23)25-14-8-15-26(19-25)27-16-9-17-28(20-27)30(32)21-29(31)24-12-6-3-7-13-24/h2-17,19-22,30H,18,31-32H2,1H3/b29-21-. The molecule has 0 saturated heterocycles. The van der Waals surface area contributed by atoms with Crippen LogP contribution in [-0.4, -0.2) is 0 Å². The van der Waals surface area contributed by atoms with Crippen molar-refractivity contribution in [2.75, 3.05) is 0 Å². The molecule has 4 N–H and O–H groups in total. The first-order valence-electron chi connectivity index (χ1n) is 11.1. The lowest BCUT2D eigenvalue weighted by atomic mass is 9.91.